The molecule has 2 aliphatic rings. The van der Waals surface area contributed by atoms with Gasteiger partial charge in [0.25, 0.3) is 25.7 Å². The number of nitrogen functional groups attached to an aromatic ring is 1. The fourth-order valence-corrected chi connectivity index (χ4v) is 13.6. The summed E-state index contributed by atoms with van der Waals surface area (Å²) in [6, 6.07) is 44.8. The van der Waals surface area contributed by atoms with Gasteiger partial charge in [-0.25, -0.2) is 44.7 Å². The number of non-ortho nitro benzene ring substituents is 1. The number of nitro benzene ring substituents is 1. The van der Waals surface area contributed by atoms with Crippen molar-refractivity contribution in [2.24, 2.45) is 0 Å². The van der Waals surface area contributed by atoms with E-state index in [1.807, 2.05) is 54.6 Å². The molecule has 2 radical (unpaired) electrons. The van der Waals surface area contributed by atoms with Gasteiger partial charge in [0.15, 0.2) is 0 Å². The molecule has 4 N–H and O–H groups in total. The number of nitrogens with two attached hydrogens (primary N) is 1. The Morgan fingerprint density at radius 2 is 0.953 bits per heavy atom. The third kappa shape index (κ3) is 14.4. The van der Waals surface area contributed by atoms with Gasteiger partial charge < -0.3 is 25.8 Å². The second-order valence-corrected chi connectivity index (χ2v) is 28.7. The third-order valence-corrected chi connectivity index (χ3v) is 18.3. The minimum atomic E-state index is -3.87. The summed E-state index contributed by atoms with van der Waals surface area (Å²) in [5, 5.41) is 19.8. The summed E-state index contributed by atoms with van der Waals surface area (Å²) >= 11 is 12.4. The number of para-hydroxylation sites is 2. The molecule has 2 aliphatic carbocycles. The molecule has 436 valence electrons. The zero-order valence-corrected chi connectivity index (χ0v) is 52.6. The van der Waals surface area contributed by atoms with Gasteiger partial charge in [-0.3, -0.25) is 10.1 Å². The number of nitrogens with zero attached hydrogens (tertiary/aromatic N) is 7. The maximum atomic E-state index is 13.6. The van der Waals surface area contributed by atoms with E-state index in [1.54, 1.807) is 110 Å². The molecule has 4 heterocycles. The second kappa shape index (κ2) is 27.5. The summed E-state index contributed by atoms with van der Waals surface area (Å²) in [6.07, 6.45) is 13.2. The number of benzene rings is 6. The summed E-state index contributed by atoms with van der Waals surface area (Å²) < 4.78 is 69.1. The van der Waals surface area contributed by atoms with Crippen molar-refractivity contribution >= 4 is 125 Å². The molecule has 18 nitrogen and oxygen atoms in total. The first-order chi connectivity index (χ1) is 41.1. The Morgan fingerprint density at radius 1 is 0.565 bits per heavy atom. The summed E-state index contributed by atoms with van der Waals surface area (Å²) in [5.74, 6) is 2.18. The molecule has 0 unspecified atom stereocenters. The molecule has 10 aromatic rings. The van der Waals surface area contributed by atoms with Gasteiger partial charge in [0.2, 0.25) is 11.9 Å². The summed E-state index contributed by atoms with van der Waals surface area (Å²) in [6.45, 7) is 0. The molecule has 0 aliphatic heterocycles. The molecule has 0 amide bonds. The molecule has 85 heavy (non-hydrogen) atoms. The van der Waals surface area contributed by atoms with E-state index in [1.165, 1.54) is 26.3 Å². The van der Waals surface area contributed by atoms with Gasteiger partial charge in [0, 0.05) is 77.0 Å². The van der Waals surface area contributed by atoms with Crippen molar-refractivity contribution in [3.63, 3.8) is 0 Å². The number of halogens is 4. The SMILES string of the molecule is Nc1ccc(O[C@@H]2CCC[C@@H](Nc3ncc(Cl)c(-c4cn(S(=O)(=O)c5ccccc5)c5ccccc45)n3)C2)cc1.O=[N+]([O-])c1ccc(O[C@@H]2CCC[C@@H](Nc3ncc(Cl)c(-c4cn(S(=O)(=O)c5ccccc5)c5ccccc45)n3)C2)cc1.[Cl][Sn][Cl]. The van der Waals surface area contributed by atoms with Crippen LogP contribution in [0, 0.1) is 10.1 Å². The molecule has 0 spiro atoms. The Bertz CT molecular complexity index is 4190. The Morgan fingerprint density at radius 3 is 1.36 bits per heavy atom. The van der Waals surface area contributed by atoms with E-state index in [2.05, 4.69) is 20.6 Å². The second-order valence-electron chi connectivity index (χ2n) is 20.0. The van der Waals surface area contributed by atoms with Gasteiger partial charge in [-0.1, -0.05) is 96.0 Å². The molecule has 0 saturated heterocycles. The molecular formula is C60H54Cl4N10O8S2Sn. The van der Waals surface area contributed by atoms with Gasteiger partial charge >= 0.3 is 36.7 Å². The van der Waals surface area contributed by atoms with Crippen molar-refractivity contribution in [1.82, 2.24) is 27.9 Å². The maximum absolute atomic E-state index is 13.6. The van der Waals surface area contributed by atoms with Crippen LogP contribution < -0.4 is 25.8 Å². The van der Waals surface area contributed by atoms with E-state index in [9.17, 15) is 26.9 Å². The van der Waals surface area contributed by atoms with Crippen LogP contribution in [0.5, 0.6) is 11.5 Å². The van der Waals surface area contributed by atoms with Crippen molar-refractivity contribution in [2.45, 2.75) is 85.4 Å². The standard InChI is InChI=1S/C30H26ClN5O5S.C30H28ClN5O3S.2ClH.Sn/c31-27-18-32-30(33-20-7-6-8-23(17-20)41-22-15-13-21(14-16-22)36(37)38)34-29(27)26-19-35(28-12-5-4-11-25(26)28)42(39,40)24-9-2-1-3-10-24;31-27-18-33-30(34-21-7-6-8-23(17-21)39-22-15-13-20(32)14-16-22)35-29(27)26-19-36(28-12-5-4-11-25(26)28)40(37,38)24-9-2-1-3-10-24;;;/h1-5,9-16,18-20,23H,6-8,17H2,(H,32,33,34);1-5,9-16,18-19,21,23H,6-8,17,32H2,(H,33,34,35);2*1H;/q;;;;+2/p-2/t20-,23-;21-,23-;;;/m11.../s1. The number of fused-ring (bicyclic) bond motifs is 2. The van der Waals surface area contributed by atoms with Crippen molar-refractivity contribution in [3.8, 4) is 34.0 Å². The molecule has 4 aromatic heterocycles. The average molecular weight is 1370 g/mol. The first kappa shape index (κ1) is 60.9. The van der Waals surface area contributed by atoms with E-state index in [0.29, 0.717) is 78.7 Å². The monoisotopic (exact) mass is 1370 g/mol. The third-order valence-electron chi connectivity index (χ3n) is 14.4. The van der Waals surface area contributed by atoms with E-state index < -0.39 is 43.9 Å². The van der Waals surface area contributed by atoms with Crippen molar-refractivity contribution in [2.75, 3.05) is 16.4 Å². The van der Waals surface area contributed by atoms with Gasteiger partial charge in [0.1, 0.15) is 23.7 Å². The topological polar surface area (TPSA) is 241 Å². The zero-order valence-electron chi connectivity index (χ0n) is 45.1. The summed E-state index contributed by atoms with van der Waals surface area (Å²) in [7, 11) is 2.16. The van der Waals surface area contributed by atoms with E-state index in [-0.39, 0.29) is 39.8 Å². The minimum absolute atomic E-state index is 0.0158. The van der Waals surface area contributed by atoms with E-state index in [4.69, 9.17) is 66.2 Å². The Kier molecular flexibility index (Phi) is 19.7. The molecule has 25 heteroatoms. The van der Waals surface area contributed by atoms with Crippen LogP contribution in [-0.2, 0) is 20.0 Å². The number of anilines is 3. The summed E-state index contributed by atoms with van der Waals surface area (Å²) in [4.78, 5) is 29.2. The normalized spacial score (nSPS) is 16.9. The van der Waals surface area contributed by atoms with Gasteiger partial charge in [-0.2, -0.15) is 0 Å². The number of aromatic nitrogens is 6. The predicted molar refractivity (Wildman–Crippen MR) is 336 cm³/mol. The molecule has 2 saturated carbocycles. The average Bonchev–Trinajstić information content (AvgIpc) is 1.83. The molecule has 6 aromatic carbocycles. The Labute approximate surface area is 518 Å². The fourth-order valence-electron chi connectivity index (χ4n) is 10.4. The van der Waals surface area contributed by atoms with Crippen molar-refractivity contribution < 1.29 is 31.2 Å². The number of nitrogens with one attached hydrogen (secondary N) is 2. The Hall–Kier alpha value is -7.18. The van der Waals surface area contributed by atoms with Crippen molar-refractivity contribution in [3.05, 3.63) is 203 Å². The van der Waals surface area contributed by atoms with Gasteiger partial charge in [-0.15, -0.1) is 0 Å². The van der Waals surface area contributed by atoms with Crippen LogP contribution in [0.25, 0.3) is 44.3 Å². The van der Waals surface area contributed by atoms with E-state index >= 15 is 0 Å². The molecule has 0 bridgehead atoms. The van der Waals surface area contributed by atoms with Crippen LogP contribution in [0.2, 0.25) is 10.0 Å². The number of hydrogen-bond donors (Lipinski definition) is 3. The van der Waals surface area contributed by atoms with Crippen LogP contribution >= 0.6 is 41.0 Å². The summed E-state index contributed by atoms with van der Waals surface area (Å²) in [5.41, 5.74) is 9.63. The fraction of sp³-hybridized carbons (Fsp3) is 0.200. The van der Waals surface area contributed by atoms with Crippen LogP contribution in [0.1, 0.15) is 51.4 Å². The number of nitro groups is 1. The van der Waals surface area contributed by atoms with Crippen molar-refractivity contribution in [1.29, 1.82) is 0 Å². The van der Waals surface area contributed by atoms with Crippen LogP contribution in [0.15, 0.2) is 192 Å². The molecule has 4 atom stereocenters. The van der Waals surface area contributed by atoms with Crippen LogP contribution in [0.3, 0.4) is 0 Å². The number of rotatable bonds is 15. The predicted octanol–water partition coefficient (Wildman–Crippen LogP) is 14.1. The number of hydrogen-bond acceptors (Lipinski definition) is 15. The van der Waals surface area contributed by atoms with Gasteiger partial charge in [-0.05, 0) is 111 Å². The molecular weight excluding hydrogens is 1310 g/mol. The first-order valence-electron chi connectivity index (χ1n) is 26.9. The zero-order chi connectivity index (χ0) is 59.7. The van der Waals surface area contributed by atoms with E-state index in [0.717, 1.165) is 56.1 Å². The molecule has 12 rings (SSSR count). The Balaban J connectivity index is 0.000000181. The molecule has 2 fully saturated rings. The van der Waals surface area contributed by atoms with Crippen LogP contribution in [0.4, 0.5) is 23.3 Å². The number of ether oxygens (including phenoxy) is 2. The first-order valence-corrected chi connectivity index (χ1v) is 37.8. The quantitative estimate of drug-likeness (QED) is 0.0374. The van der Waals surface area contributed by atoms with Crippen LogP contribution in [-0.4, -0.2) is 92.8 Å². The van der Waals surface area contributed by atoms with Gasteiger partial charge in [0.05, 0.1) is 59.6 Å².